The first-order valence-corrected chi connectivity index (χ1v) is 46.5. The average Bonchev–Trinajstić information content (AvgIpc) is 1.57. The van der Waals surface area contributed by atoms with Gasteiger partial charge in [-0.05, 0) is 240 Å². The maximum atomic E-state index is 6.37. The van der Waals surface area contributed by atoms with E-state index in [0.29, 0.717) is 5.71 Å². The predicted molar refractivity (Wildman–Crippen MR) is 562 cm³/mol. The molecule has 0 N–H and O–H groups in total. The van der Waals surface area contributed by atoms with Gasteiger partial charge < -0.3 is 31.7 Å². The lowest BCUT2D eigenvalue weighted by Crippen LogP contribution is -1.97. The molecule has 11 nitrogen and oxygen atoms in total. The Hall–Kier alpha value is -18.0. The second-order valence-corrected chi connectivity index (χ2v) is 35.9. The van der Waals surface area contributed by atoms with E-state index in [1.165, 1.54) is 180 Å². The van der Waals surface area contributed by atoms with Crippen molar-refractivity contribution >= 4 is 207 Å². The normalized spacial score (nSPS) is 12.0. The summed E-state index contributed by atoms with van der Waals surface area (Å²) in [5.74, 6) is 0.878. The molecule has 12 heterocycles. The minimum atomic E-state index is 0.659. The molecule has 0 spiro atoms. The van der Waals surface area contributed by atoms with Gasteiger partial charge in [0.15, 0.2) is 11.2 Å². The molecule has 0 aliphatic heterocycles. The second kappa shape index (κ2) is 30.3. The highest BCUT2D eigenvalue weighted by Crippen LogP contribution is 2.47. The van der Waals surface area contributed by atoms with Gasteiger partial charge in [-0.1, -0.05) is 237 Å². The van der Waals surface area contributed by atoms with Gasteiger partial charge in [0.05, 0.1) is 82.3 Å². The first-order valence-electron chi connectivity index (χ1n) is 45.7. The second-order valence-electron chi connectivity index (χ2n) is 34.9. The topological polar surface area (TPSA) is 94.5 Å². The number of thiophene rings is 1. The van der Waals surface area contributed by atoms with Crippen molar-refractivity contribution in [1.29, 1.82) is 0 Å². The molecule has 0 atom stereocenters. The molecule has 12 heteroatoms. The number of hydrogen-bond acceptors (Lipinski definition) is 6. The van der Waals surface area contributed by atoms with E-state index in [9.17, 15) is 0 Å². The molecular formula is C123H75N9O2S. The molecule has 0 unspecified atom stereocenters. The zero-order valence-corrected chi connectivity index (χ0v) is 73.4. The highest BCUT2D eigenvalue weighted by molar-refractivity contribution is 7.25. The number of nitrogens with zero attached hydrogens (tertiary/aromatic N) is 9. The zero-order chi connectivity index (χ0) is 88.5. The molecule has 135 heavy (non-hydrogen) atoms. The van der Waals surface area contributed by atoms with Crippen LogP contribution >= 0.6 is 11.3 Å². The Morgan fingerprint density at radius 2 is 0.526 bits per heavy atom. The maximum Gasteiger partial charge on any atom is 0.227 e. The summed E-state index contributed by atoms with van der Waals surface area (Å²) in [6.07, 6.45) is 3.67. The fraction of sp³-hybridized carbons (Fsp3) is 0. The lowest BCUT2D eigenvalue weighted by atomic mass is 10.0. The largest absolute Gasteiger partial charge is 0.454 e. The quantitative estimate of drug-likeness (QED) is 0.143. The molecule has 0 bridgehead atoms. The van der Waals surface area contributed by atoms with E-state index in [4.69, 9.17) is 13.8 Å². The van der Waals surface area contributed by atoms with Crippen molar-refractivity contribution in [3.8, 4) is 67.6 Å². The number of furan rings is 2. The van der Waals surface area contributed by atoms with Gasteiger partial charge in [-0.2, -0.15) is 0 Å². The molecular weight excluding hydrogens is 1670 g/mol. The van der Waals surface area contributed by atoms with E-state index < -0.39 is 0 Å². The van der Waals surface area contributed by atoms with Crippen molar-refractivity contribution in [3.63, 3.8) is 0 Å². The number of rotatable bonds is 9. The van der Waals surface area contributed by atoms with Crippen LogP contribution in [-0.4, -0.2) is 42.4 Å². The van der Waals surface area contributed by atoms with Crippen LogP contribution in [0.3, 0.4) is 0 Å². The standard InChI is InChI=1S/2C41H25N3O.C41H25N3S/c1-2-10-28(11-3-1)43-34-15-7-4-12-29(34)32-24-26(18-20-36(32)43)27-19-21-37-33(25-27)30-13-5-8-16-35(30)44(37)40-23-22-39-41(42-40)31-14-6-9-17-38(31)45-39;2*1-2-10-28(11-3-1)43-35-16-6-4-12-29(35)33-24-26(19-21-37(33)43)27-20-22-38-34(25-27)30-13-5-7-17-36(30)44(38)39-18-8-14-31-32-15-9-23-42-41(32)45-40(31)39/h3*1-25H. The Labute approximate surface area is 775 Å². The van der Waals surface area contributed by atoms with Gasteiger partial charge in [0, 0.05) is 121 Å². The van der Waals surface area contributed by atoms with E-state index in [0.717, 1.165) is 76.8 Å². The molecule has 0 radical (unpaired) electrons. The van der Waals surface area contributed by atoms with E-state index in [1.54, 1.807) is 17.5 Å². The first-order chi connectivity index (χ1) is 67.0. The summed E-state index contributed by atoms with van der Waals surface area (Å²) in [4.78, 5) is 15.4. The molecule has 630 valence electrons. The number of hydrogen-bond donors (Lipinski definition) is 0. The monoisotopic (exact) mass is 1740 g/mol. The van der Waals surface area contributed by atoms with Crippen molar-refractivity contribution in [2.24, 2.45) is 0 Å². The average molecular weight is 1740 g/mol. The van der Waals surface area contributed by atoms with Crippen molar-refractivity contribution in [1.82, 2.24) is 42.4 Å². The van der Waals surface area contributed by atoms with Crippen LogP contribution in [-0.2, 0) is 0 Å². The summed E-state index contributed by atoms with van der Waals surface area (Å²) < 4.78 is 27.8. The summed E-state index contributed by atoms with van der Waals surface area (Å²) in [7, 11) is 0. The van der Waals surface area contributed by atoms with Gasteiger partial charge in [-0.25, -0.2) is 15.0 Å². The fourth-order valence-corrected chi connectivity index (χ4v) is 22.7. The maximum absolute atomic E-state index is 6.37. The van der Waals surface area contributed by atoms with Crippen LogP contribution in [0.2, 0.25) is 0 Å². The van der Waals surface area contributed by atoms with Crippen LogP contribution in [0.1, 0.15) is 0 Å². The summed E-state index contributed by atoms with van der Waals surface area (Å²) >= 11 is 1.77. The van der Waals surface area contributed by atoms with Gasteiger partial charge in [-0.15, -0.1) is 11.3 Å². The molecule has 0 aliphatic carbocycles. The predicted octanol–water partition coefficient (Wildman–Crippen LogP) is 33.0. The fourth-order valence-electron chi connectivity index (χ4n) is 21.5. The number of benzene rings is 18. The van der Waals surface area contributed by atoms with Crippen molar-refractivity contribution in [2.75, 3.05) is 0 Å². The first kappa shape index (κ1) is 76.0. The van der Waals surface area contributed by atoms with Crippen molar-refractivity contribution in [2.45, 2.75) is 0 Å². The van der Waals surface area contributed by atoms with Crippen LogP contribution in [0.5, 0.6) is 0 Å². The molecule has 12 aromatic heterocycles. The SMILES string of the molecule is c1ccc(-n2c3ccccc3c3cc(-c4ccc5c(c4)c4ccccc4n5-c4ccc5oc6ccccc6c5n4)ccc32)cc1.c1ccc(-n2c3ccccc3c3cc(-c4ccc5c(c4)c4ccccc4n5-c4cccc5c4oc4ncccc45)ccc32)cc1.c1ccc(-n2c3ccccc3c3cc(-c4ccc5c(c4)c4ccccc4n5-c4cccc5c4sc4ncccc45)ccc32)cc1. The van der Waals surface area contributed by atoms with E-state index in [1.807, 2.05) is 42.6 Å². The smallest absolute Gasteiger partial charge is 0.227 e. The van der Waals surface area contributed by atoms with Crippen LogP contribution < -0.4 is 0 Å². The van der Waals surface area contributed by atoms with Crippen molar-refractivity contribution in [3.05, 3.63) is 455 Å². The number of pyridine rings is 3. The molecule has 0 aliphatic rings. The highest BCUT2D eigenvalue weighted by Gasteiger charge is 2.25. The summed E-state index contributed by atoms with van der Waals surface area (Å²) in [5.41, 5.74) is 31.2. The molecule has 0 amide bonds. The van der Waals surface area contributed by atoms with E-state index >= 15 is 0 Å². The Balaban J connectivity index is 0.000000101. The third kappa shape index (κ3) is 11.9. The number of aromatic nitrogens is 9. The Bertz CT molecular complexity index is 9720. The Morgan fingerprint density at radius 3 is 0.970 bits per heavy atom. The lowest BCUT2D eigenvalue weighted by molar-refractivity contribution is 0.652. The summed E-state index contributed by atoms with van der Waals surface area (Å²) in [6, 6.07) is 159. The Morgan fingerprint density at radius 1 is 0.200 bits per heavy atom. The molecule has 30 rings (SSSR count). The van der Waals surface area contributed by atoms with Gasteiger partial charge in [-0.3, -0.25) is 4.57 Å². The third-order valence-corrected chi connectivity index (χ3v) is 28.7. The van der Waals surface area contributed by atoms with Gasteiger partial charge >= 0.3 is 0 Å². The van der Waals surface area contributed by atoms with Crippen LogP contribution in [0, 0.1) is 0 Å². The summed E-state index contributed by atoms with van der Waals surface area (Å²) in [5, 5.41) is 20.5. The lowest BCUT2D eigenvalue weighted by Gasteiger charge is -2.10. The van der Waals surface area contributed by atoms with Gasteiger partial charge in [0.25, 0.3) is 0 Å². The van der Waals surface area contributed by atoms with Crippen molar-refractivity contribution < 1.29 is 8.83 Å². The zero-order valence-electron chi connectivity index (χ0n) is 72.6. The van der Waals surface area contributed by atoms with Gasteiger partial charge in [0.1, 0.15) is 21.7 Å². The highest BCUT2D eigenvalue weighted by atomic mass is 32.1. The molecule has 18 aromatic carbocycles. The van der Waals surface area contributed by atoms with E-state index in [-0.39, 0.29) is 0 Å². The minimum absolute atomic E-state index is 0.659. The molecule has 0 fully saturated rings. The van der Waals surface area contributed by atoms with Gasteiger partial charge in [0.2, 0.25) is 5.71 Å². The third-order valence-electron chi connectivity index (χ3n) is 27.5. The van der Waals surface area contributed by atoms with Crippen LogP contribution in [0.4, 0.5) is 0 Å². The van der Waals surface area contributed by atoms with Crippen LogP contribution in [0.15, 0.2) is 464 Å². The Kier molecular flexibility index (Phi) is 17.1. The molecule has 0 saturated heterocycles. The number of para-hydroxylation sites is 11. The molecule has 0 saturated carbocycles. The summed E-state index contributed by atoms with van der Waals surface area (Å²) in [6.45, 7) is 0. The van der Waals surface area contributed by atoms with Crippen LogP contribution in [0.25, 0.3) is 263 Å². The number of fused-ring (bicyclic) bond motifs is 27. The van der Waals surface area contributed by atoms with E-state index in [2.05, 4.69) is 444 Å². The minimum Gasteiger partial charge on any atom is -0.454 e. The molecule has 30 aromatic rings.